The summed E-state index contributed by atoms with van der Waals surface area (Å²) in [6.07, 6.45) is 3.57. The molecule has 1 aliphatic heterocycles. The minimum Gasteiger partial charge on any atom is -0.361 e. The van der Waals surface area contributed by atoms with E-state index in [1.165, 1.54) is 40.4 Å². The van der Waals surface area contributed by atoms with Gasteiger partial charge < -0.3 is 10.3 Å². The Balaban J connectivity index is 1.50. The average Bonchev–Trinajstić information content (AvgIpc) is 3.13. The summed E-state index contributed by atoms with van der Waals surface area (Å²) < 4.78 is 27.6. The lowest BCUT2D eigenvalue weighted by Crippen LogP contribution is -2.37. The predicted octanol–water partition coefficient (Wildman–Crippen LogP) is 4.35. The van der Waals surface area contributed by atoms with Gasteiger partial charge in [-0.15, -0.1) is 0 Å². The molecule has 29 heavy (non-hydrogen) atoms. The number of amides is 1. The highest BCUT2D eigenvalue weighted by molar-refractivity contribution is 7.89. The number of nitrogens with one attached hydrogen (secondary N) is 2. The van der Waals surface area contributed by atoms with Crippen LogP contribution in [0.1, 0.15) is 31.2 Å². The van der Waals surface area contributed by atoms with E-state index in [4.69, 9.17) is 11.6 Å². The number of benzene rings is 2. The Morgan fingerprint density at radius 1 is 1.17 bits per heavy atom. The Kier molecular flexibility index (Phi) is 5.38. The van der Waals surface area contributed by atoms with Gasteiger partial charge in [-0.2, -0.15) is 4.31 Å². The summed E-state index contributed by atoms with van der Waals surface area (Å²) in [5.74, 6) is 0.0604. The number of hydrogen-bond donors (Lipinski definition) is 2. The maximum atomic E-state index is 13.1. The van der Waals surface area contributed by atoms with Gasteiger partial charge >= 0.3 is 0 Å². The molecule has 0 unspecified atom stereocenters. The van der Waals surface area contributed by atoms with Crippen molar-refractivity contribution in [2.75, 3.05) is 18.4 Å². The molecule has 152 valence electrons. The van der Waals surface area contributed by atoms with Crippen LogP contribution >= 0.6 is 11.6 Å². The lowest BCUT2D eigenvalue weighted by molar-refractivity contribution is -0.114. The second kappa shape index (κ2) is 7.82. The molecule has 1 amide bonds. The normalized spacial score (nSPS) is 16.2. The number of aromatic amines is 1. The third kappa shape index (κ3) is 3.90. The fraction of sp³-hybridized carbons (Fsp3) is 0.286. The number of sulfonamides is 1. The number of piperidine rings is 1. The van der Waals surface area contributed by atoms with Crippen molar-refractivity contribution in [2.45, 2.75) is 30.6 Å². The standard InChI is InChI=1S/C21H22ClN3O3S/c1-14(26)24-21-7-6-16(12-19(21)22)29(27,28)25-10-8-15(9-11-25)18-13-23-20-5-3-2-4-17(18)20/h2-7,12-13,15,23H,8-11H2,1H3,(H,24,26). The number of fused-ring (bicyclic) bond motifs is 1. The van der Waals surface area contributed by atoms with Crippen LogP contribution in [-0.2, 0) is 14.8 Å². The Labute approximate surface area is 174 Å². The molecule has 2 heterocycles. The molecule has 1 aliphatic rings. The molecule has 2 aromatic carbocycles. The quantitative estimate of drug-likeness (QED) is 0.644. The number of anilines is 1. The van der Waals surface area contributed by atoms with Crippen molar-refractivity contribution in [3.8, 4) is 0 Å². The van der Waals surface area contributed by atoms with E-state index >= 15 is 0 Å². The number of para-hydroxylation sites is 1. The van der Waals surface area contributed by atoms with Crippen molar-refractivity contribution in [1.82, 2.24) is 9.29 Å². The molecule has 0 bridgehead atoms. The highest BCUT2D eigenvalue weighted by atomic mass is 35.5. The second-order valence-electron chi connectivity index (χ2n) is 7.29. The molecule has 4 rings (SSSR count). The molecule has 0 aliphatic carbocycles. The van der Waals surface area contributed by atoms with Crippen LogP contribution in [0, 0.1) is 0 Å². The largest absolute Gasteiger partial charge is 0.361 e. The van der Waals surface area contributed by atoms with Crippen LogP contribution in [0.5, 0.6) is 0 Å². The van der Waals surface area contributed by atoms with Crippen LogP contribution in [0.4, 0.5) is 5.69 Å². The number of carbonyl (C=O) groups is 1. The number of hydrogen-bond acceptors (Lipinski definition) is 3. The second-order valence-corrected chi connectivity index (χ2v) is 9.64. The Bertz CT molecular complexity index is 1160. The van der Waals surface area contributed by atoms with Crippen LogP contribution in [-0.4, -0.2) is 36.7 Å². The van der Waals surface area contributed by atoms with Crippen molar-refractivity contribution in [3.63, 3.8) is 0 Å². The molecule has 8 heteroatoms. The van der Waals surface area contributed by atoms with Crippen molar-refractivity contribution in [2.24, 2.45) is 0 Å². The fourth-order valence-electron chi connectivity index (χ4n) is 3.94. The predicted molar refractivity (Wildman–Crippen MR) is 115 cm³/mol. The highest BCUT2D eigenvalue weighted by Crippen LogP contribution is 2.35. The van der Waals surface area contributed by atoms with Crippen molar-refractivity contribution >= 4 is 44.1 Å². The number of carbonyl (C=O) groups excluding carboxylic acids is 1. The maximum Gasteiger partial charge on any atom is 0.243 e. The molecule has 2 N–H and O–H groups in total. The van der Waals surface area contributed by atoms with Crippen molar-refractivity contribution in [3.05, 3.63) is 59.2 Å². The number of rotatable bonds is 4. The molecule has 0 spiro atoms. The zero-order valence-electron chi connectivity index (χ0n) is 16.0. The van der Waals surface area contributed by atoms with Gasteiger partial charge in [0.2, 0.25) is 15.9 Å². The summed E-state index contributed by atoms with van der Waals surface area (Å²) in [6, 6.07) is 12.6. The monoisotopic (exact) mass is 431 g/mol. The van der Waals surface area contributed by atoms with Gasteiger partial charge in [-0.3, -0.25) is 4.79 Å². The first-order valence-corrected chi connectivity index (χ1v) is 11.3. The fourth-order valence-corrected chi connectivity index (χ4v) is 5.72. The molecule has 3 aromatic rings. The van der Waals surface area contributed by atoms with Crippen LogP contribution in [0.3, 0.4) is 0 Å². The summed E-state index contributed by atoms with van der Waals surface area (Å²) >= 11 is 6.16. The molecule has 1 fully saturated rings. The zero-order valence-corrected chi connectivity index (χ0v) is 17.6. The lowest BCUT2D eigenvalue weighted by Gasteiger charge is -2.31. The summed E-state index contributed by atoms with van der Waals surface area (Å²) in [4.78, 5) is 14.6. The molecular weight excluding hydrogens is 410 g/mol. The van der Waals surface area contributed by atoms with Crippen LogP contribution in [0.2, 0.25) is 5.02 Å². The first-order valence-electron chi connectivity index (χ1n) is 9.49. The first-order chi connectivity index (χ1) is 13.9. The number of nitrogens with zero attached hydrogens (tertiary/aromatic N) is 1. The number of aromatic nitrogens is 1. The van der Waals surface area contributed by atoms with Gasteiger partial charge in [0.1, 0.15) is 0 Å². The third-order valence-corrected chi connectivity index (χ3v) is 7.61. The molecule has 1 aromatic heterocycles. The minimum absolute atomic E-state index is 0.141. The Morgan fingerprint density at radius 2 is 1.90 bits per heavy atom. The van der Waals surface area contributed by atoms with Gasteiger partial charge in [-0.05, 0) is 48.6 Å². The van der Waals surface area contributed by atoms with E-state index in [9.17, 15) is 13.2 Å². The summed E-state index contributed by atoms with van der Waals surface area (Å²) in [6.45, 7) is 2.29. The van der Waals surface area contributed by atoms with Gasteiger partial charge in [0.15, 0.2) is 0 Å². The molecule has 1 saturated heterocycles. The first kappa shape index (κ1) is 19.9. The van der Waals surface area contributed by atoms with Crippen LogP contribution < -0.4 is 5.32 Å². The third-order valence-electron chi connectivity index (χ3n) is 5.40. The zero-order chi connectivity index (χ0) is 20.6. The highest BCUT2D eigenvalue weighted by Gasteiger charge is 2.31. The van der Waals surface area contributed by atoms with E-state index in [-0.39, 0.29) is 15.8 Å². The summed E-state index contributed by atoms with van der Waals surface area (Å²) in [5, 5.41) is 3.99. The van der Waals surface area contributed by atoms with E-state index in [1.807, 2.05) is 24.4 Å². The minimum atomic E-state index is -3.64. The van der Waals surface area contributed by atoms with Gasteiger partial charge in [0.05, 0.1) is 15.6 Å². The van der Waals surface area contributed by atoms with Crippen molar-refractivity contribution in [1.29, 1.82) is 0 Å². The maximum absolute atomic E-state index is 13.1. The Hall–Kier alpha value is -2.35. The van der Waals surface area contributed by atoms with Crippen LogP contribution in [0.25, 0.3) is 10.9 Å². The number of halogens is 1. The van der Waals surface area contributed by atoms with E-state index in [0.29, 0.717) is 24.7 Å². The molecule has 0 saturated carbocycles. The van der Waals surface area contributed by atoms with Gasteiger partial charge in [0, 0.05) is 37.1 Å². The van der Waals surface area contributed by atoms with Crippen molar-refractivity contribution < 1.29 is 13.2 Å². The van der Waals surface area contributed by atoms with Crippen LogP contribution in [0.15, 0.2) is 53.6 Å². The van der Waals surface area contributed by atoms with Gasteiger partial charge in [0.25, 0.3) is 0 Å². The summed E-state index contributed by atoms with van der Waals surface area (Å²) in [7, 11) is -3.64. The molecular formula is C21H22ClN3O3S. The van der Waals surface area contributed by atoms with E-state index in [1.54, 1.807) is 0 Å². The molecule has 0 radical (unpaired) electrons. The van der Waals surface area contributed by atoms with E-state index in [2.05, 4.69) is 16.4 Å². The lowest BCUT2D eigenvalue weighted by atomic mass is 9.90. The smallest absolute Gasteiger partial charge is 0.243 e. The average molecular weight is 432 g/mol. The van der Waals surface area contributed by atoms with Gasteiger partial charge in [-0.1, -0.05) is 29.8 Å². The number of H-pyrrole nitrogens is 1. The van der Waals surface area contributed by atoms with E-state index in [0.717, 1.165) is 18.4 Å². The van der Waals surface area contributed by atoms with Gasteiger partial charge in [-0.25, -0.2) is 8.42 Å². The molecule has 0 atom stereocenters. The molecule has 6 nitrogen and oxygen atoms in total. The SMILES string of the molecule is CC(=O)Nc1ccc(S(=O)(=O)N2CCC(c3c[nH]c4ccccc34)CC2)cc1Cl. The summed E-state index contributed by atoms with van der Waals surface area (Å²) in [5.41, 5.74) is 2.75. The Morgan fingerprint density at radius 3 is 2.59 bits per heavy atom. The van der Waals surface area contributed by atoms with E-state index < -0.39 is 10.0 Å². The topological polar surface area (TPSA) is 82.3 Å².